The van der Waals surface area contributed by atoms with E-state index in [1.165, 1.54) is 13.0 Å². The molecule has 1 aliphatic carbocycles. The molecular weight excluding hydrogens is 196 g/mol. The van der Waals surface area contributed by atoms with Gasteiger partial charge in [-0.3, -0.25) is 0 Å². The number of halogens is 2. The zero-order valence-corrected chi connectivity index (χ0v) is 8.76. The van der Waals surface area contributed by atoms with Crippen LogP contribution in [-0.4, -0.2) is 6.54 Å². The van der Waals surface area contributed by atoms with Gasteiger partial charge < -0.3 is 5.73 Å². The standard InChI is InChI=1S/C12H15F2N/c1-8(13)11-9(3-2-4-10(11)14)12(7-15)5-6-12/h2-4,8H,5-7,15H2,1H3. The molecule has 1 aromatic rings. The Morgan fingerprint density at radius 1 is 1.47 bits per heavy atom. The molecule has 82 valence electrons. The summed E-state index contributed by atoms with van der Waals surface area (Å²) >= 11 is 0. The quantitative estimate of drug-likeness (QED) is 0.817. The molecule has 1 nitrogen and oxygen atoms in total. The molecule has 0 aliphatic heterocycles. The zero-order chi connectivity index (χ0) is 11.1. The molecule has 0 amide bonds. The minimum Gasteiger partial charge on any atom is -0.330 e. The van der Waals surface area contributed by atoms with Crippen molar-refractivity contribution in [2.75, 3.05) is 6.54 Å². The SMILES string of the molecule is CC(F)c1c(F)cccc1C1(CN)CC1. The number of hydrogen-bond acceptors (Lipinski definition) is 1. The van der Waals surface area contributed by atoms with Crippen LogP contribution in [0.5, 0.6) is 0 Å². The minimum atomic E-state index is -1.27. The summed E-state index contributed by atoms with van der Waals surface area (Å²) in [5.41, 5.74) is 6.48. The van der Waals surface area contributed by atoms with Crippen LogP contribution in [0.4, 0.5) is 8.78 Å². The maximum absolute atomic E-state index is 13.5. The number of benzene rings is 1. The molecule has 0 saturated heterocycles. The molecule has 1 saturated carbocycles. The van der Waals surface area contributed by atoms with Crippen molar-refractivity contribution in [1.82, 2.24) is 0 Å². The van der Waals surface area contributed by atoms with Crippen molar-refractivity contribution in [2.24, 2.45) is 5.73 Å². The van der Waals surface area contributed by atoms with Crippen LogP contribution >= 0.6 is 0 Å². The van der Waals surface area contributed by atoms with Crippen molar-refractivity contribution in [2.45, 2.75) is 31.4 Å². The van der Waals surface area contributed by atoms with Gasteiger partial charge in [0.2, 0.25) is 0 Å². The Kier molecular flexibility index (Phi) is 2.51. The van der Waals surface area contributed by atoms with Crippen LogP contribution < -0.4 is 5.73 Å². The number of alkyl halides is 1. The summed E-state index contributed by atoms with van der Waals surface area (Å²) in [5, 5.41) is 0. The average molecular weight is 211 g/mol. The van der Waals surface area contributed by atoms with E-state index in [1.807, 2.05) is 0 Å². The third-order valence-electron chi connectivity index (χ3n) is 3.27. The Hall–Kier alpha value is -0.960. The summed E-state index contributed by atoms with van der Waals surface area (Å²) in [6.45, 7) is 1.84. The molecule has 0 spiro atoms. The summed E-state index contributed by atoms with van der Waals surface area (Å²) in [5.74, 6) is -0.456. The topological polar surface area (TPSA) is 26.0 Å². The van der Waals surface area contributed by atoms with Crippen LogP contribution in [0.25, 0.3) is 0 Å². The molecule has 3 heteroatoms. The normalized spacial score (nSPS) is 20.0. The van der Waals surface area contributed by atoms with Crippen LogP contribution in [0, 0.1) is 5.82 Å². The molecule has 2 N–H and O–H groups in total. The summed E-state index contributed by atoms with van der Waals surface area (Å²) in [6.07, 6.45) is 0.601. The van der Waals surface area contributed by atoms with E-state index in [4.69, 9.17) is 5.73 Å². The van der Waals surface area contributed by atoms with Crippen molar-refractivity contribution >= 4 is 0 Å². The maximum Gasteiger partial charge on any atom is 0.129 e. The van der Waals surface area contributed by atoms with E-state index < -0.39 is 12.0 Å². The lowest BCUT2D eigenvalue weighted by Gasteiger charge is -2.19. The first-order valence-corrected chi connectivity index (χ1v) is 5.24. The van der Waals surface area contributed by atoms with Crippen LogP contribution in [0.1, 0.15) is 37.1 Å². The Labute approximate surface area is 88.3 Å². The monoisotopic (exact) mass is 211 g/mol. The van der Waals surface area contributed by atoms with Gasteiger partial charge in [0.25, 0.3) is 0 Å². The summed E-state index contributed by atoms with van der Waals surface area (Å²) in [7, 11) is 0. The van der Waals surface area contributed by atoms with Crippen LogP contribution in [0.3, 0.4) is 0 Å². The first kappa shape index (κ1) is 10.6. The molecule has 1 fully saturated rings. The summed E-state index contributed by atoms with van der Waals surface area (Å²) in [6, 6.07) is 4.74. The second-order valence-corrected chi connectivity index (χ2v) is 4.30. The van der Waals surface area contributed by atoms with Gasteiger partial charge in [-0.15, -0.1) is 0 Å². The molecule has 1 unspecified atom stereocenters. The maximum atomic E-state index is 13.5. The number of nitrogens with two attached hydrogens (primary N) is 1. The van der Waals surface area contributed by atoms with Gasteiger partial charge in [-0.1, -0.05) is 12.1 Å². The van der Waals surface area contributed by atoms with Crippen molar-refractivity contribution < 1.29 is 8.78 Å². The fraction of sp³-hybridized carbons (Fsp3) is 0.500. The van der Waals surface area contributed by atoms with Gasteiger partial charge in [-0.05, 0) is 31.4 Å². The number of hydrogen-bond donors (Lipinski definition) is 1. The van der Waals surface area contributed by atoms with E-state index in [9.17, 15) is 8.78 Å². The van der Waals surface area contributed by atoms with Crippen molar-refractivity contribution in [3.8, 4) is 0 Å². The Balaban J connectivity index is 2.51. The van der Waals surface area contributed by atoms with Gasteiger partial charge >= 0.3 is 0 Å². The third kappa shape index (κ3) is 1.65. The Bertz CT molecular complexity index is 370. The highest BCUT2D eigenvalue weighted by atomic mass is 19.1. The van der Waals surface area contributed by atoms with Gasteiger partial charge in [-0.25, -0.2) is 8.78 Å². The average Bonchev–Trinajstić information content (AvgIpc) is 2.97. The van der Waals surface area contributed by atoms with E-state index >= 15 is 0 Å². The molecule has 2 rings (SSSR count). The Morgan fingerprint density at radius 2 is 2.13 bits per heavy atom. The van der Waals surface area contributed by atoms with E-state index in [0.717, 1.165) is 18.4 Å². The molecular formula is C12H15F2N. The van der Waals surface area contributed by atoms with Gasteiger partial charge in [0.15, 0.2) is 0 Å². The third-order valence-corrected chi connectivity index (χ3v) is 3.27. The molecule has 1 aromatic carbocycles. The molecule has 0 heterocycles. The highest BCUT2D eigenvalue weighted by Gasteiger charge is 2.45. The van der Waals surface area contributed by atoms with Gasteiger partial charge in [0.05, 0.1) is 0 Å². The molecule has 0 aromatic heterocycles. The lowest BCUT2D eigenvalue weighted by Crippen LogP contribution is -2.22. The fourth-order valence-corrected chi connectivity index (χ4v) is 2.14. The molecule has 1 atom stereocenters. The van der Waals surface area contributed by atoms with E-state index in [0.29, 0.717) is 6.54 Å². The Morgan fingerprint density at radius 3 is 2.60 bits per heavy atom. The largest absolute Gasteiger partial charge is 0.330 e. The van der Waals surface area contributed by atoms with Crippen LogP contribution in [0.15, 0.2) is 18.2 Å². The van der Waals surface area contributed by atoms with Crippen molar-refractivity contribution in [3.63, 3.8) is 0 Å². The summed E-state index contributed by atoms with van der Waals surface area (Å²) in [4.78, 5) is 0. The predicted molar refractivity (Wildman–Crippen MR) is 55.9 cm³/mol. The number of rotatable bonds is 3. The van der Waals surface area contributed by atoms with Crippen LogP contribution in [0.2, 0.25) is 0 Å². The van der Waals surface area contributed by atoms with E-state index in [1.54, 1.807) is 12.1 Å². The van der Waals surface area contributed by atoms with Crippen LogP contribution in [-0.2, 0) is 5.41 Å². The second kappa shape index (κ2) is 3.56. The lowest BCUT2D eigenvalue weighted by molar-refractivity contribution is 0.356. The zero-order valence-electron chi connectivity index (χ0n) is 8.76. The molecule has 0 bridgehead atoms. The molecule has 0 radical (unpaired) electrons. The molecule has 1 aliphatic rings. The van der Waals surface area contributed by atoms with Gasteiger partial charge in [0.1, 0.15) is 12.0 Å². The van der Waals surface area contributed by atoms with E-state index in [2.05, 4.69) is 0 Å². The van der Waals surface area contributed by atoms with Crippen molar-refractivity contribution in [1.29, 1.82) is 0 Å². The smallest absolute Gasteiger partial charge is 0.129 e. The predicted octanol–water partition coefficient (Wildman–Crippen LogP) is 2.85. The minimum absolute atomic E-state index is 0.155. The highest BCUT2D eigenvalue weighted by molar-refractivity contribution is 5.41. The van der Waals surface area contributed by atoms with E-state index in [-0.39, 0.29) is 11.0 Å². The van der Waals surface area contributed by atoms with Crippen molar-refractivity contribution in [3.05, 3.63) is 35.1 Å². The fourth-order valence-electron chi connectivity index (χ4n) is 2.14. The first-order valence-electron chi connectivity index (χ1n) is 5.24. The van der Waals surface area contributed by atoms with Gasteiger partial charge in [-0.2, -0.15) is 0 Å². The first-order chi connectivity index (χ1) is 7.10. The summed E-state index contributed by atoms with van der Waals surface area (Å²) < 4.78 is 26.9. The molecule has 15 heavy (non-hydrogen) atoms. The second-order valence-electron chi connectivity index (χ2n) is 4.30. The van der Waals surface area contributed by atoms with Gasteiger partial charge in [0, 0.05) is 17.5 Å². The highest BCUT2D eigenvalue weighted by Crippen LogP contribution is 2.50. The lowest BCUT2D eigenvalue weighted by atomic mass is 9.89.